The van der Waals surface area contributed by atoms with Gasteiger partial charge in [0, 0.05) is 5.33 Å². The van der Waals surface area contributed by atoms with E-state index in [1.165, 1.54) is 11.1 Å². The molecule has 0 bridgehead atoms. The van der Waals surface area contributed by atoms with Crippen molar-refractivity contribution in [3.8, 4) is 5.75 Å². The second-order valence-corrected chi connectivity index (χ2v) is 4.36. The monoisotopic (exact) mass is 256 g/mol. The summed E-state index contributed by atoms with van der Waals surface area (Å²) >= 11 is 3.48. The molecule has 0 aliphatic heterocycles. The lowest BCUT2D eigenvalue weighted by Crippen LogP contribution is -2.01. The third kappa shape index (κ3) is 2.50. The number of ether oxygens (including phenoxy) is 1. The standard InChI is InChI=1S/C12H17BrO/c1-9-5-4-6-11(14-3)12(9)10(2)7-8-13/h4-6,10H,7-8H2,1-3H3. The molecule has 1 unspecified atom stereocenters. The largest absolute Gasteiger partial charge is 0.496 e. The lowest BCUT2D eigenvalue weighted by atomic mass is 9.93. The van der Waals surface area contributed by atoms with E-state index in [2.05, 4.69) is 35.8 Å². The van der Waals surface area contributed by atoms with Crippen LogP contribution < -0.4 is 4.74 Å². The lowest BCUT2D eigenvalue weighted by Gasteiger charge is -2.17. The zero-order valence-corrected chi connectivity index (χ0v) is 10.6. The van der Waals surface area contributed by atoms with E-state index in [1.807, 2.05) is 12.1 Å². The van der Waals surface area contributed by atoms with Crippen LogP contribution in [0.1, 0.15) is 30.4 Å². The molecular weight excluding hydrogens is 240 g/mol. The predicted octanol–water partition coefficient (Wildman–Crippen LogP) is 3.89. The molecule has 2 heteroatoms. The molecule has 1 atom stereocenters. The van der Waals surface area contributed by atoms with Crippen molar-refractivity contribution in [3.05, 3.63) is 29.3 Å². The molecule has 0 aromatic heterocycles. The Labute approximate surface area is 94.6 Å². The Kier molecular flexibility index (Phi) is 4.46. The molecule has 0 aliphatic carbocycles. The number of methoxy groups -OCH3 is 1. The fraction of sp³-hybridized carbons (Fsp3) is 0.500. The van der Waals surface area contributed by atoms with Crippen molar-refractivity contribution in [1.29, 1.82) is 0 Å². The molecule has 0 amide bonds. The highest BCUT2D eigenvalue weighted by Gasteiger charge is 2.12. The lowest BCUT2D eigenvalue weighted by molar-refractivity contribution is 0.405. The summed E-state index contributed by atoms with van der Waals surface area (Å²) in [6.07, 6.45) is 1.14. The summed E-state index contributed by atoms with van der Waals surface area (Å²) in [4.78, 5) is 0. The van der Waals surface area contributed by atoms with E-state index in [4.69, 9.17) is 4.74 Å². The van der Waals surface area contributed by atoms with E-state index in [9.17, 15) is 0 Å². The molecule has 0 saturated heterocycles. The third-order valence-corrected chi connectivity index (χ3v) is 3.00. The number of benzene rings is 1. The molecule has 0 saturated carbocycles. The second kappa shape index (κ2) is 5.40. The molecule has 0 aliphatic rings. The summed E-state index contributed by atoms with van der Waals surface area (Å²) in [5, 5.41) is 1.03. The van der Waals surface area contributed by atoms with Gasteiger partial charge in [0.05, 0.1) is 7.11 Å². The van der Waals surface area contributed by atoms with E-state index >= 15 is 0 Å². The zero-order chi connectivity index (χ0) is 10.6. The van der Waals surface area contributed by atoms with Crippen LogP contribution in [0.4, 0.5) is 0 Å². The summed E-state index contributed by atoms with van der Waals surface area (Å²) < 4.78 is 5.38. The molecule has 1 nitrogen and oxygen atoms in total. The van der Waals surface area contributed by atoms with E-state index in [-0.39, 0.29) is 0 Å². The molecule has 0 fully saturated rings. The first-order valence-corrected chi connectivity index (χ1v) is 6.02. The quantitative estimate of drug-likeness (QED) is 0.743. The van der Waals surface area contributed by atoms with Gasteiger partial charge in [0.1, 0.15) is 5.75 Å². The Morgan fingerprint density at radius 3 is 2.71 bits per heavy atom. The van der Waals surface area contributed by atoms with Gasteiger partial charge in [0.2, 0.25) is 0 Å². The Hall–Kier alpha value is -0.500. The van der Waals surface area contributed by atoms with Crippen molar-refractivity contribution < 1.29 is 4.74 Å². The minimum Gasteiger partial charge on any atom is -0.496 e. The van der Waals surface area contributed by atoms with Gasteiger partial charge >= 0.3 is 0 Å². The summed E-state index contributed by atoms with van der Waals surface area (Å²) in [6, 6.07) is 6.22. The van der Waals surface area contributed by atoms with Crippen LogP contribution in [0.2, 0.25) is 0 Å². The van der Waals surface area contributed by atoms with E-state index in [1.54, 1.807) is 7.11 Å². The van der Waals surface area contributed by atoms with Gasteiger partial charge in [-0.3, -0.25) is 0 Å². The van der Waals surface area contributed by atoms with E-state index in [0.29, 0.717) is 5.92 Å². The fourth-order valence-corrected chi connectivity index (χ4v) is 2.46. The van der Waals surface area contributed by atoms with E-state index in [0.717, 1.165) is 17.5 Å². The first-order chi connectivity index (χ1) is 6.70. The molecule has 1 rings (SSSR count). The first kappa shape index (κ1) is 11.6. The molecule has 78 valence electrons. The van der Waals surface area contributed by atoms with Crippen LogP contribution in [-0.4, -0.2) is 12.4 Å². The van der Waals surface area contributed by atoms with Gasteiger partial charge in [0.25, 0.3) is 0 Å². The maximum Gasteiger partial charge on any atom is 0.122 e. The Morgan fingerprint density at radius 1 is 1.43 bits per heavy atom. The number of alkyl halides is 1. The number of aryl methyl sites for hydroxylation is 1. The van der Waals surface area contributed by atoms with Crippen molar-refractivity contribution in [2.45, 2.75) is 26.2 Å². The van der Waals surface area contributed by atoms with Crippen LogP contribution in [0.15, 0.2) is 18.2 Å². The van der Waals surface area contributed by atoms with Gasteiger partial charge < -0.3 is 4.74 Å². The van der Waals surface area contributed by atoms with Crippen LogP contribution >= 0.6 is 15.9 Å². The van der Waals surface area contributed by atoms with Gasteiger partial charge in [-0.15, -0.1) is 0 Å². The van der Waals surface area contributed by atoms with Gasteiger partial charge in [0.15, 0.2) is 0 Å². The summed E-state index contributed by atoms with van der Waals surface area (Å²) in [5.41, 5.74) is 2.66. The minimum atomic E-state index is 0.547. The topological polar surface area (TPSA) is 9.23 Å². The molecule has 0 N–H and O–H groups in total. The minimum absolute atomic E-state index is 0.547. The van der Waals surface area contributed by atoms with Gasteiger partial charge in [-0.25, -0.2) is 0 Å². The number of hydrogen-bond acceptors (Lipinski definition) is 1. The Morgan fingerprint density at radius 2 is 2.14 bits per heavy atom. The van der Waals surface area contributed by atoms with Crippen molar-refractivity contribution in [2.24, 2.45) is 0 Å². The number of rotatable bonds is 4. The first-order valence-electron chi connectivity index (χ1n) is 4.90. The van der Waals surface area contributed by atoms with Crippen molar-refractivity contribution in [1.82, 2.24) is 0 Å². The van der Waals surface area contributed by atoms with Gasteiger partial charge in [-0.1, -0.05) is 35.0 Å². The number of halogens is 1. The molecule has 0 heterocycles. The van der Waals surface area contributed by atoms with Crippen LogP contribution in [0.3, 0.4) is 0 Å². The molecule has 1 aromatic rings. The smallest absolute Gasteiger partial charge is 0.122 e. The Bertz CT molecular complexity index is 296. The average molecular weight is 257 g/mol. The zero-order valence-electron chi connectivity index (χ0n) is 9.01. The predicted molar refractivity (Wildman–Crippen MR) is 64.6 cm³/mol. The van der Waals surface area contributed by atoms with Gasteiger partial charge in [-0.05, 0) is 36.5 Å². The molecule has 0 radical (unpaired) electrons. The highest BCUT2D eigenvalue weighted by atomic mass is 79.9. The van der Waals surface area contributed by atoms with Crippen molar-refractivity contribution >= 4 is 15.9 Å². The maximum atomic E-state index is 5.38. The summed E-state index contributed by atoms with van der Waals surface area (Å²) in [5.74, 6) is 1.56. The normalized spacial score (nSPS) is 12.6. The fourth-order valence-electron chi connectivity index (χ4n) is 1.77. The molecular formula is C12H17BrO. The van der Waals surface area contributed by atoms with Crippen molar-refractivity contribution in [3.63, 3.8) is 0 Å². The third-order valence-electron chi connectivity index (χ3n) is 2.54. The SMILES string of the molecule is COc1cccc(C)c1C(C)CCBr. The van der Waals surface area contributed by atoms with Crippen molar-refractivity contribution in [2.75, 3.05) is 12.4 Å². The molecule has 14 heavy (non-hydrogen) atoms. The second-order valence-electron chi connectivity index (χ2n) is 3.57. The maximum absolute atomic E-state index is 5.38. The van der Waals surface area contributed by atoms with Gasteiger partial charge in [-0.2, -0.15) is 0 Å². The van der Waals surface area contributed by atoms with E-state index < -0.39 is 0 Å². The highest BCUT2D eigenvalue weighted by Crippen LogP contribution is 2.31. The highest BCUT2D eigenvalue weighted by molar-refractivity contribution is 9.09. The Balaban J connectivity index is 3.03. The van der Waals surface area contributed by atoms with Crippen LogP contribution in [0.25, 0.3) is 0 Å². The molecule has 1 aromatic carbocycles. The molecule has 0 spiro atoms. The summed E-state index contributed by atoms with van der Waals surface area (Å²) in [7, 11) is 1.74. The van der Waals surface area contributed by atoms with Crippen LogP contribution in [0.5, 0.6) is 5.75 Å². The summed E-state index contributed by atoms with van der Waals surface area (Å²) in [6.45, 7) is 4.38. The number of hydrogen-bond donors (Lipinski definition) is 0. The average Bonchev–Trinajstić information content (AvgIpc) is 2.17. The van der Waals surface area contributed by atoms with Crippen LogP contribution in [0, 0.1) is 6.92 Å². The van der Waals surface area contributed by atoms with Crippen LogP contribution in [-0.2, 0) is 0 Å².